The van der Waals surface area contributed by atoms with Gasteiger partial charge in [0, 0.05) is 24.6 Å². The van der Waals surface area contributed by atoms with Crippen molar-refractivity contribution in [1.82, 2.24) is 34.3 Å². The summed E-state index contributed by atoms with van der Waals surface area (Å²) < 4.78 is 20.0. The number of aromatic nitrogens is 7. The Balaban J connectivity index is 1.46. The summed E-state index contributed by atoms with van der Waals surface area (Å²) in [5.41, 5.74) is 3.34. The average Bonchev–Trinajstić information content (AvgIpc) is 3.62. The highest BCUT2D eigenvalue weighted by Crippen LogP contribution is 2.35. The number of nitrogens with zero attached hydrogens (tertiary/aromatic N) is 7. The molecule has 1 N–H and O–H groups in total. The second kappa shape index (κ2) is 10.7. The van der Waals surface area contributed by atoms with Crippen LogP contribution in [0.15, 0.2) is 72.2 Å². The molecule has 208 valence electrons. The van der Waals surface area contributed by atoms with E-state index >= 15 is 4.39 Å². The topological polar surface area (TPSA) is 113 Å². The number of amides is 1. The molecule has 2 bridgehead atoms. The number of anilines is 1. The van der Waals surface area contributed by atoms with Crippen molar-refractivity contribution in [3.8, 4) is 28.2 Å². The SMILES string of the molecule is C[C@@H]1CCCC(n2cnc(-c3c(-n4ccnn4)ccc(Cl)c3F)cc2=O)c2cccc(c2)-c2c(cnn2C)NC1=O. The van der Waals surface area contributed by atoms with Crippen LogP contribution in [0, 0.1) is 11.7 Å². The number of rotatable bonds is 3. The minimum Gasteiger partial charge on any atom is -0.323 e. The van der Waals surface area contributed by atoms with Crippen LogP contribution >= 0.6 is 11.6 Å². The van der Waals surface area contributed by atoms with Crippen molar-refractivity contribution in [2.75, 3.05) is 5.32 Å². The van der Waals surface area contributed by atoms with Crippen LogP contribution in [0.5, 0.6) is 0 Å². The fraction of sp³-hybridized carbons (Fsp3) is 0.241. The maximum Gasteiger partial charge on any atom is 0.254 e. The molecule has 1 unspecified atom stereocenters. The summed E-state index contributed by atoms with van der Waals surface area (Å²) in [5, 5.41) is 15.0. The Morgan fingerprint density at radius 2 is 1.98 bits per heavy atom. The number of carbonyl (C=O) groups excluding carboxylic acids is 1. The first-order chi connectivity index (χ1) is 19.8. The van der Waals surface area contributed by atoms with Gasteiger partial charge in [0.25, 0.3) is 5.56 Å². The van der Waals surface area contributed by atoms with Crippen LogP contribution in [-0.4, -0.2) is 40.2 Å². The molecule has 1 amide bonds. The zero-order chi connectivity index (χ0) is 28.7. The lowest BCUT2D eigenvalue weighted by Crippen LogP contribution is -2.26. The lowest BCUT2D eigenvalue weighted by atomic mass is 9.94. The van der Waals surface area contributed by atoms with Gasteiger partial charge in [0.2, 0.25) is 5.91 Å². The summed E-state index contributed by atoms with van der Waals surface area (Å²) in [5.74, 6) is -1.02. The molecule has 0 fully saturated rings. The second-order valence-electron chi connectivity index (χ2n) is 10.1. The van der Waals surface area contributed by atoms with E-state index in [4.69, 9.17) is 11.6 Å². The predicted octanol–water partition coefficient (Wildman–Crippen LogP) is 5.03. The quantitative estimate of drug-likeness (QED) is 0.324. The third kappa shape index (κ3) is 4.93. The lowest BCUT2D eigenvalue weighted by molar-refractivity contribution is -0.119. The first-order valence-corrected chi connectivity index (χ1v) is 13.6. The van der Waals surface area contributed by atoms with E-state index in [0.717, 1.165) is 16.8 Å². The molecule has 6 rings (SSSR count). The molecule has 0 aliphatic carbocycles. The summed E-state index contributed by atoms with van der Waals surface area (Å²) in [6, 6.07) is 11.8. The first kappa shape index (κ1) is 26.6. The van der Waals surface area contributed by atoms with Gasteiger partial charge in [0.05, 0.1) is 64.3 Å². The van der Waals surface area contributed by atoms with Crippen LogP contribution < -0.4 is 10.9 Å². The number of aryl methyl sites for hydroxylation is 1. The third-order valence-corrected chi connectivity index (χ3v) is 7.77. The lowest BCUT2D eigenvalue weighted by Gasteiger charge is -2.23. The molecule has 1 aliphatic heterocycles. The van der Waals surface area contributed by atoms with E-state index in [9.17, 15) is 9.59 Å². The molecule has 0 saturated heterocycles. The molecule has 0 saturated carbocycles. The van der Waals surface area contributed by atoms with Crippen molar-refractivity contribution in [3.63, 3.8) is 0 Å². The van der Waals surface area contributed by atoms with Gasteiger partial charge < -0.3 is 5.32 Å². The smallest absolute Gasteiger partial charge is 0.254 e. The van der Waals surface area contributed by atoms with Gasteiger partial charge in [0.1, 0.15) is 0 Å². The standard InChI is InChI=1S/C29H26ClFN8O2/c1-17-5-3-8-23(18-6-4-7-19(13-18)28-22(35-29(17)41)15-34-37(28)2)38-16-32-21(14-25(38)40)26-24(39-12-11-33-36-39)10-9-20(30)27(26)31/h4,6-7,9-17,23H,3,5,8H2,1-2H3,(H,35,41)/t17-,23?/m1/s1. The van der Waals surface area contributed by atoms with E-state index in [2.05, 4.69) is 25.7 Å². The molecule has 0 radical (unpaired) electrons. The summed E-state index contributed by atoms with van der Waals surface area (Å²) in [4.78, 5) is 31.1. The largest absolute Gasteiger partial charge is 0.323 e. The molecule has 12 heteroatoms. The molecule has 3 aromatic heterocycles. The minimum atomic E-state index is -0.706. The molecule has 41 heavy (non-hydrogen) atoms. The van der Waals surface area contributed by atoms with E-state index in [-0.39, 0.29) is 39.7 Å². The van der Waals surface area contributed by atoms with Crippen LogP contribution in [0.1, 0.15) is 37.8 Å². The number of hydrogen-bond donors (Lipinski definition) is 1. The summed E-state index contributed by atoms with van der Waals surface area (Å²) in [6.45, 7) is 1.89. The van der Waals surface area contributed by atoms with Crippen LogP contribution in [0.3, 0.4) is 0 Å². The highest BCUT2D eigenvalue weighted by atomic mass is 35.5. The van der Waals surface area contributed by atoms with Gasteiger partial charge in [-0.2, -0.15) is 5.10 Å². The molecule has 2 aromatic carbocycles. The number of carbonyl (C=O) groups is 1. The van der Waals surface area contributed by atoms with Crippen molar-refractivity contribution in [3.05, 3.63) is 94.1 Å². The molecule has 0 spiro atoms. The monoisotopic (exact) mass is 572 g/mol. The Morgan fingerprint density at radius 1 is 1.12 bits per heavy atom. The highest BCUT2D eigenvalue weighted by Gasteiger charge is 2.24. The third-order valence-electron chi connectivity index (χ3n) is 7.47. The fourth-order valence-corrected chi connectivity index (χ4v) is 5.49. The maximum atomic E-state index is 15.3. The van der Waals surface area contributed by atoms with E-state index in [1.165, 1.54) is 29.3 Å². The maximum absolute atomic E-state index is 15.3. The Labute approximate surface area is 239 Å². The van der Waals surface area contributed by atoms with E-state index in [0.29, 0.717) is 30.6 Å². The molecular weight excluding hydrogens is 547 g/mol. The van der Waals surface area contributed by atoms with Crippen LogP contribution in [0.25, 0.3) is 28.2 Å². The Hall–Kier alpha value is -4.64. The highest BCUT2D eigenvalue weighted by molar-refractivity contribution is 6.31. The van der Waals surface area contributed by atoms with E-state index in [1.54, 1.807) is 27.7 Å². The van der Waals surface area contributed by atoms with Gasteiger partial charge in [0.15, 0.2) is 5.82 Å². The summed E-state index contributed by atoms with van der Waals surface area (Å²) in [7, 11) is 1.82. The molecule has 1 aliphatic rings. The van der Waals surface area contributed by atoms with Crippen molar-refractivity contribution in [2.45, 2.75) is 32.2 Å². The Morgan fingerprint density at radius 3 is 2.76 bits per heavy atom. The fourth-order valence-electron chi connectivity index (χ4n) is 5.33. The zero-order valence-electron chi connectivity index (χ0n) is 22.3. The number of fused-ring (bicyclic) bond motifs is 4. The number of benzene rings is 2. The van der Waals surface area contributed by atoms with Gasteiger partial charge in [-0.25, -0.2) is 14.1 Å². The van der Waals surface area contributed by atoms with Gasteiger partial charge in [-0.05, 0) is 36.6 Å². The van der Waals surface area contributed by atoms with E-state index in [1.807, 2.05) is 38.2 Å². The average molecular weight is 573 g/mol. The number of nitrogens with one attached hydrogen (secondary N) is 1. The molecular formula is C29H26ClFN8O2. The van der Waals surface area contributed by atoms with Crippen molar-refractivity contribution in [2.24, 2.45) is 13.0 Å². The van der Waals surface area contributed by atoms with E-state index < -0.39 is 5.82 Å². The van der Waals surface area contributed by atoms with Crippen molar-refractivity contribution < 1.29 is 9.18 Å². The predicted molar refractivity (Wildman–Crippen MR) is 152 cm³/mol. The molecule has 10 nitrogen and oxygen atoms in total. The van der Waals surface area contributed by atoms with Crippen LogP contribution in [0.4, 0.5) is 10.1 Å². The second-order valence-corrected chi connectivity index (χ2v) is 10.5. The Bertz CT molecular complexity index is 1810. The van der Waals surface area contributed by atoms with Gasteiger partial charge in [-0.1, -0.05) is 48.4 Å². The van der Waals surface area contributed by atoms with Crippen molar-refractivity contribution >= 4 is 23.2 Å². The summed E-state index contributed by atoms with van der Waals surface area (Å²) >= 11 is 6.11. The first-order valence-electron chi connectivity index (χ1n) is 13.2. The molecule has 5 aromatic rings. The summed E-state index contributed by atoms with van der Waals surface area (Å²) in [6.07, 6.45) is 8.04. The molecule has 4 heterocycles. The van der Waals surface area contributed by atoms with Gasteiger partial charge in [-0.3, -0.25) is 18.8 Å². The van der Waals surface area contributed by atoms with Gasteiger partial charge in [-0.15, -0.1) is 5.10 Å². The molecule has 2 atom stereocenters. The van der Waals surface area contributed by atoms with Gasteiger partial charge >= 0.3 is 0 Å². The minimum absolute atomic E-state index is 0.0523. The van der Waals surface area contributed by atoms with Crippen LogP contribution in [0.2, 0.25) is 5.02 Å². The van der Waals surface area contributed by atoms with Crippen molar-refractivity contribution in [1.29, 1.82) is 0 Å². The number of hydrogen-bond acceptors (Lipinski definition) is 6. The number of halogens is 2. The zero-order valence-corrected chi connectivity index (χ0v) is 23.1. The van der Waals surface area contributed by atoms with Crippen LogP contribution in [-0.2, 0) is 11.8 Å². The Kier molecular flexibility index (Phi) is 6.96. The normalized spacial score (nSPS) is 17.3.